The molecular formula is C24H16F4N6O2. The zero-order valence-electron chi connectivity index (χ0n) is 18.2. The van der Waals surface area contributed by atoms with Crippen molar-refractivity contribution in [2.75, 3.05) is 10.6 Å². The van der Waals surface area contributed by atoms with Crippen molar-refractivity contribution in [1.29, 1.82) is 0 Å². The first-order valence-corrected chi connectivity index (χ1v) is 10.5. The molecule has 36 heavy (non-hydrogen) atoms. The van der Waals surface area contributed by atoms with E-state index in [0.717, 1.165) is 12.1 Å². The number of carbonyl (C=O) groups is 1. The summed E-state index contributed by atoms with van der Waals surface area (Å²) in [6, 6.07) is 9.61. The highest BCUT2D eigenvalue weighted by molar-refractivity contribution is 6.10. The molecule has 0 spiro atoms. The first-order valence-electron chi connectivity index (χ1n) is 10.5. The molecular weight excluding hydrogens is 480 g/mol. The lowest BCUT2D eigenvalue weighted by molar-refractivity contribution is -0.137. The molecule has 0 aliphatic carbocycles. The van der Waals surface area contributed by atoms with Gasteiger partial charge in [-0.2, -0.15) is 18.3 Å². The molecule has 0 saturated heterocycles. The Bertz CT molecular complexity index is 1660. The minimum Gasteiger partial charge on any atom is -0.352 e. The first kappa shape index (κ1) is 23.0. The molecule has 0 atom stereocenters. The molecule has 0 bridgehead atoms. The maximum Gasteiger partial charge on any atom is 0.416 e. The van der Waals surface area contributed by atoms with Crippen LogP contribution in [0.25, 0.3) is 21.8 Å². The van der Waals surface area contributed by atoms with E-state index >= 15 is 0 Å². The van der Waals surface area contributed by atoms with E-state index in [1.54, 1.807) is 12.3 Å². The van der Waals surface area contributed by atoms with Crippen molar-refractivity contribution in [1.82, 2.24) is 19.7 Å². The van der Waals surface area contributed by atoms with Crippen molar-refractivity contribution < 1.29 is 22.4 Å². The van der Waals surface area contributed by atoms with Gasteiger partial charge < -0.3 is 15.6 Å². The summed E-state index contributed by atoms with van der Waals surface area (Å²) in [5.41, 5.74) is 0.308. The molecule has 0 radical (unpaired) electrons. The minimum atomic E-state index is -4.46. The highest BCUT2D eigenvalue weighted by atomic mass is 19.4. The highest BCUT2D eigenvalue weighted by Gasteiger charge is 2.30. The smallest absolute Gasteiger partial charge is 0.352 e. The van der Waals surface area contributed by atoms with Crippen LogP contribution in [-0.2, 0) is 17.5 Å². The van der Waals surface area contributed by atoms with E-state index in [2.05, 4.69) is 25.7 Å². The highest BCUT2D eigenvalue weighted by Crippen LogP contribution is 2.31. The third-order valence-corrected chi connectivity index (χ3v) is 5.39. The first-order chi connectivity index (χ1) is 17.2. The number of benzene rings is 2. The van der Waals surface area contributed by atoms with Gasteiger partial charge >= 0.3 is 6.18 Å². The van der Waals surface area contributed by atoms with Gasteiger partial charge in [-0.3, -0.25) is 14.3 Å². The summed E-state index contributed by atoms with van der Waals surface area (Å²) < 4.78 is 53.3. The zero-order valence-corrected chi connectivity index (χ0v) is 18.2. The van der Waals surface area contributed by atoms with Gasteiger partial charge in [0, 0.05) is 34.2 Å². The molecule has 0 fully saturated rings. The number of pyridine rings is 2. The van der Waals surface area contributed by atoms with E-state index in [1.165, 1.54) is 47.4 Å². The molecule has 0 aliphatic rings. The van der Waals surface area contributed by atoms with E-state index < -0.39 is 29.0 Å². The predicted molar refractivity (Wildman–Crippen MR) is 125 cm³/mol. The zero-order chi connectivity index (χ0) is 25.4. The fourth-order valence-electron chi connectivity index (χ4n) is 3.79. The van der Waals surface area contributed by atoms with Gasteiger partial charge in [0.1, 0.15) is 18.0 Å². The summed E-state index contributed by atoms with van der Waals surface area (Å²) in [6.45, 7) is -0.193. The number of rotatable bonds is 5. The monoisotopic (exact) mass is 496 g/mol. The van der Waals surface area contributed by atoms with Crippen LogP contribution in [0, 0.1) is 5.82 Å². The summed E-state index contributed by atoms with van der Waals surface area (Å²) in [7, 11) is 0. The van der Waals surface area contributed by atoms with E-state index in [1.807, 2.05) is 0 Å². The Balaban J connectivity index is 1.35. The predicted octanol–water partition coefficient (Wildman–Crippen LogP) is 4.81. The maximum absolute atomic E-state index is 14.0. The molecule has 0 unspecified atom stereocenters. The van der Waals surface area contributed by atoms with Crippen LogP contribution >= 0.6 is 0 Å². The molecule has 0 aliphatic heterocycles. The molecule has 5 rings (SSSR count). The Kier molecular flexibility index (Phi) is 5.63. The number of nitrogens with zero attached hydrogens (tertiary/aromatic N) is 3. The number of hydrogen-bond donors (Lipinski definition) is 3. The molecule has 3 N–H and O–H groups in total. The van der Waals surface area contributed by atoms with Gasteiger partial charge in [0.25, 0.3) is 5.56 Å². The number of nitrogens with one attached hydrogen (secondary N) is 3. The number of carbonyl (C=O) groups excluding carboxylic acids is 1. The molecule has 5 aromatic rings. The Labute approximate surface area is 199 Å². The molecule has 8 nitrogen and oxygen atoms in total. The number of H-pyrrole nitrogens is 1. The second-order valence-electron chi connectivity index (χ2n) is 7.90. The van der Waals surface area contributed by atoms with Crippen LogP contribution < -0.4 is 16.2 Å². The molecule has 12 heteroatoms. The third-order valence-electron chi connectivity index (χ3n) is 5.39. The standard InChI is InChI=1S/C24H16F4N6O2/c25-14-3-6-17-18(9-14)21-19(7-8-29-22(21)33-23(17)36)31-16-10-30-34(11-16)12-20(35)32-15-4-1-13(2-5-15)24(26,27)28/h1-11H,12H2,(H,32,35)(H2,29,31,33,36). The number of alkyl halides is 3. The summed E-state index contributed by atoms with van der Waals surface area (Å²) in [4.78, 5) is 31.5. The van der Waals surface area contributed by atoms with Gasteiger partial charge in [-0.15, -0.1) is 0 Å². The van der Waals surface area contributed by atoms with Crippen LogP contribution in [0.4, 0.5) is 34.6 Å². The van der Waals surface area contributed by atoms with E-state index in [-0.39, 0.29) is 17.9 Å². The average molecular weight is 496 g/mol. The molecule has 1 amide bonds. The summed E-state index contributed by atoms with van der Waals surface area (Å²) in [6.07, 6.45) is 0.0315. The Hall–Kier alpha value is -4.74. The quantitative estimate of drug-likeness (QED) is 0.239. The number of amides is 1. The largest absolute Gasteiger partial charge is 0.416 e. The van der Waals surface area contributed by atoms with Crippen LogP contribution in [0.1, 0.15) is 5.56 Å². The number of fused-ring (bicyclic) bond motifs is 3. The third kappa shape index (κ3) is 4.60. The van der Waals surface area contributed by atoms with Crippen molar-refractivity contribution in [2.45, 2.75) is 12.7 Å². The van der Waals surface area contributed by atoms with Gasteiger partial charge in [-0.1, -0.05) is 0 Å². The van der Waals surface area contributed by atoms with Crippen LogP contribution in [0.2, 0.25) is 0 Å². The van der Waals surface area contributed by atoms with Crippen LogP contribution in [0.3, 0.4) is 0 Å². The van der Waals surface area contributed by atoms with Crippen molar-refractivity contribution in [2.24, 2.45) is 0 Å². The van der Waals surface area contributed by atoms with Crippen LogP contribution in [0.15, 0.2) is 71.9 Å². The Morgan fingerprint density at radius 1 is 1.03 bits per heavy atom. The number of halogens is 4. The van der Waals surface area contributed by atoms with Gasteiger partial charge in [0.15, 0.2) is 0 Å². The summed E-state index contributed by atoms with van der Waals surface area (Å²) in [5, 5.41) is 11.0. The summed E-state index contributed by atoms with van der Waals surface area (Å²) >= 11 is 0. The van der Waals surface area contributed by atoms with Crippen LogP contribution in [0.5, 0.6) is 0 Å². The van der Waals surface area contributed by atoms with Crippen molar-refractivity contribution in [3.05, 3.63) is 88.9 Å². The van der Waals surface area contributed by atoms with E-state index in [9.17, 15) is 27.2 Å². The normalized spacial score (nSPS) is 11.7. The topological polar surface area (TPSA) is 105 Å². The van der Waals surface area contributed by atoms with Gasteiger partial charge in [-0.25, -0.2) is 9.37 Å². The maximum atomic E-state index is 14.0. The van der Waals surface area contributed by atoms with E-state index in [0.29, 0.717) is 27.5 Å². The number of anilines is 3. The van der Waals surface area contributed by atoms with E-state index in [4.69, 9.17) is 0 Å². The average Bonchev–Trinajstić information content (AvgIpc) is 3.25. The Morgan fingerprint density at radius 2 is 1.81 bits per heavy atom. The van der Waals surface area contributed by atoms with Gasteiger partial charge in [0.05, 0.1) is 23.1 Å². The minimum absolute atomic E-state index is 0.193. The van der Waals surface area contributed by atoms with Gasteiger partial charge in [-0.05, 0) is 48.5 Å². The van der Waals surface area contributed by atoms with Crippen molar-refractivity contribution in [3.8, 4) is 0 Å². The second kappa shape index (κ2) is 8.80. The molecule has 3 heterocycles. The van der Waals surface area contributed by atoms with Crippen LogP contribution in [-0.4, -0.2) is 25.7 Å². The second-order valence-corrected chi connectivity index (χ2v) is 7.90. The molecule has 3 aromatic heterocycles. The lowest BCUT2D eigenvalue weighted by Gasteiger charge is -2.10. The van der Waals surface area contributed by atoms with Crippen molar-refractivity contribution in [3.63, 3.8) is 0 Å². The Morgan fingerprint density at radius 3 is 2.56 bits per heavy atom. The molecule has 0 saturated carbocycles. The van der Waals surface area contributed by atoms with Crippen molar-refractivity contribution >= 4 is 44.8 Å². The number of aromatic amines is 1. The fourth-order valence-corrected chi connectivity index (χ4v) is 3.79. The lowest BCUT2D eigenvalue weighted by Crippen LogP contribution is -2.19. The molecule has 182 valence electrons. The number of aromatic nitrogens is 4. The summed E-state index contributed by atoms with van der Waals surface area (Å²) in [5.74, 6) is -0.992. The number of hydrogen-bond acceptors (Lipinski definition) is 5. The fraction of sp³-hybridized carbons (Fsp3) is 0.0833. The SMILES string of the molecule is O=C(Cn1cc(Nc2ccnc3[nH]c(=O)c4ccc(F)cc4c23)cn1)Nc1ccc(C(F)(F)F)cc1. The van der Waals surface area contributed by atoms with Gasteiger partial charge in [0.2, 0.25) is 5.91 Å². The lowest BCUT2D eigenvalue weighted by atomic mass is 10.1. The molecule has 2 aromatic carbocycles.